The third-order valence-corrected chi connectivity index (χ3v) is 5.82. The highest BCUT2D eigenvalue weighted by Gasteiger charge is 2.46. The molecule has 0 amide bonds. The van der Waals surface area contributed by atoms with Gasteiger partial charge in [0.05, 0.1) is 18.8 Å². The van der Waals surface area contributed by atoms with Gasteiger partial charge in [-0.15, -0.1) is 5.10 Å². The lowest BCUT2D eigenvalue weighted by atomic mass is 9.54. The van der Waals surface area contributed by atoms with Crippen molar-refractivity contribution in [2.24, 2.45) is 16.7 Å². The lowest BCUT2D eigenvalue weighted by molar-refractivity contribution is -0.0218. The quantitative estimate of drug-likeness (QED) is 0.778. The van der Waals surface area contributed by atoms with Crippen LogP contribution in [0, 0.1) is 16.7 Å². The summed E-state index contributed by atoms with van der Waals surface area (Å²) in [6, 6.07) is 0.333. The first-order chi connectivity index (χ1) is 10.7. The Morgan fingerprint density at radius 2 is 2.00 bits per heavy atom. The molecule has 0 aliphatic heterocycles. The van der Waals surface area contributed by atoms with E-state index in [0.29, 0.717) is 35.1 Å². The standard InChI is InChI=1S/C18H31N3O2/c1-7-23-16(22)15-12-21(20-19-15)14-8-10-18(11-9-14,13(2)3)17(4,5)6/h12-14H,7-11H2,1-6H3. The molecule has 1 aromatic heterocycles. The monoisotopic (exact) mass is 321 g/mol. The molecule has 23 heavy (non-hydrogen) atoms. The highest BCUT2D eigenvalue weighted by Crippen LogP contribution is 2.55. The largest absolute Gasteiger partial charge is 0.461 e. The Bertz CT molecular complexity index is 535. The van der Waals surface area contributed by atoms with Gasteiger partial charge in [-0.25, -0.2) is 9.48 Å². The van der Waals surface area contributed by atoms with Crippen molar-refractivity contribution in [1.82, 2.24) is 15.0 Å². The maximum atomic E-state index is 11.7. The Morgan fingerprint density at radius 3 is 2.48 bits per heavy atom. The van der Waals surface area contributed by atoms with E-state index in [2.05, 4.69) is 44.9 Å². The number of aromatic nitrogens is 3. The predicted molar refractivity (Wildman–Crippen MR) is 90.2 cm³/mol. The zero-order valence-electron chi connectivity index (χ0n) is 15.4. The smallest absolute Gasteiger partial charge is 0.360 e. The number of carbonyl (C=O) groups excluding carboxylic acids is 1. The third kappa shape index (κ3) is 3.43. The van der Waals surface area contributed by atoms with Gasteiger partial charge in [0.1, 0.15) is 0 Å². The van der Waals surface area contributed by atoms with Crippen LogP contribution in [0.1, 0.15) is 83.8 Å². The van der Waals surface area contributed by atoms with Gasteiger partial charge in [0.15, 0.2) is 5.69 Å². The van der Waals surface area contributed by atoms with Crippen molar-refractivity contribution in [1.29, 1.82) is 0 Å². The highest BCUT2D eigenvalue weighted by molar-refractivity contribution is 5.86. The Kier molecular flexibility index (Phi) is 5.17. The van der Waals surface area contributed by atoms with Crippen molar-refractivity contribution < 1.29 is 9.53 Å². The van der Waals surface area contributed by atoms with Crippen molar-refractivity contribution >= 4 is 5.97 Å². The second-order valence-electron chi connectivity index (χ2n) is 8.10. The maximum absolute atomic E-state index is 11.7. The number of nitrogens with zero attached hydrogens (tertiary/aromatic N) is 3. The second-order valence-corrected chi connectivity index (χ2v) is 8.10. The van der Waals surface area contributed by atoms with Gasteiger partial charge in [-0.05, 0) is 49.4 Å². The summed E-state index contributed by atoms with van der Waals surface area (Å²) in [5.74, 6) is 0.273. The lowest BCUT2D eigenvalue weighted by Gasteiger charge is -2.52. The van der Waals surface area contributed by atoms with Crippen LogP contribution in [0.2, 0.25) is 0 Å². The Hall–Kier alpha value is -1.39. The van der Waals surface area contributed by atoms with E-state index < -0.39 is 0 Å². The molecule has 1 saturated carbocycles. The summed E-state index contributed by atoms with van der Waals surface area (Å²) in [7, 11) is 0. The third-order valence-electron chi connectivity index (χ3n) is 5.82. The summed E-state index contributed by atoms with van der Waals surface area (Å²) >= 11 is 0. The van der Waals surface area contributed by atoms with Crippen molar-refractivity contribution in [2.75, 3.05) is 6.61 Å². The van der Waals surface area contributed by atoms with Crippen molar-refractivity contribution in [3.63, 3.8) is 0 Å². The van der Waals surface area contributed by atoms with Crippen LogP contribution in [0.15, 0.2) is 6.20 Å². The first-order valence-corrected chi connectivity index (χ1v) is 8.80. The molecule has 0 spiro atoms. The molecule has 0 N–H and O–H groups in total. The molecule has 1 aliphatic rings. The predicted octanol–water partition coefficient (Wildman–Crippen LogP) is 4.26. The Balaban J connectivity index is 2.08. The van der Waals surface area contributed by atoms with Gasteiger partial charge in [0.25, 0.3) is 0 Å². The van der Waals surface area contributed by atoms with Crippen LogP contribution < -0.4 is 0 Å². The molecule has 0 atom stereocenters. The van der Waals surface area contributed by atoms with Crippen LogP contribution in [-0.4, -0.2) is 27.6 Å². The second kappa shape index (κ2) is 6.62. The molecule has 0 saturated heterocycles. The molecule has 0 radical (unpaired) electrons. The SMILES string of the molecule is CCOC(=O)c1cn(C2CCC(C(C)C)(C(C)(C)C)CC2)nn1. The van der Waals surface area contributed by atoms with E-state index >= 15 is 0 Å². The van der Waals surface area contributed by atoms with Crippen molar-refractivity contribution in [3.05, 3.63) is 11.9 Å². The minimum absolute atomic E-state index is 0.296. The minimum Gasteiger partial charge on any atom is -0.461 e. The summed E-state index contributed by atoms with van der Waals surface area (Å²) in [5, 5.41) is 8.13. The van der Waals surface area contributed by atoms with Crippen LogP contribution in [0.5, 0.6) is 0 Å². The number of ether oxygens (including phenoxy) is 1. The molecular formula is C18H31N3O2. The van der Waals surface area contributed by atoms with Crippen molar-refractivity contribution in [3.8, 4) is 0 Å². The zero-order chi connectivity index (χ0) is 17.3. The number of rotatable bonds is 4. The van der Waals surface area contributed by atoms with Crippen LogP contribution >= 0.6 is 0 Å². The van der Waals surface area contributed by atoms with E-state index in [-0.39, 0.29) is 5.97 Å². The molecule has 1 fully saturated rings. The van der Waals surface area contributed by atoms with Gasteiger partial charge in [0, 0.05) is 0 Å². The van der Waals surface area contributed by atoms with E-state index in [1.807, 2.05) is 4.68 Å². The average molecular weight is 321 g/mol. The minimum atomic E-state index is -0.388. The molecular weight excluding hydrogens is 290 g/mol. The first kappa shape index (κ1) is 18.0. The Labute approximate surface area is 139 Å². The van der Waals surface area contributed by atoms with Gasteiger partial charge in [-0.2, -0.15) is 0 Å². The van der Waals surface area contributed by atoms with Gasteiger partial charge < -0.3 is 4.74 Å². The van der Waals surface area contributed by atoms with E-state index in [9.17, 15) is 4.79 Å². The average Bonchev–Trinajstić information content (AvgIpc) is 2.96. The first-order valence-electron chi connectivity index (χ1n) is 8.80. The van der Waals surface area contributed by atoms with E-state index in [1.165, 1.54) is 12.8 Å². The fourth-order valence-corrected chi connectivity index (χ4v) is 4.33. The summed E-state index contributed by atoms with van der Waals surface area (Å²) in [5.41, 5.74) is 0.974. The molecule has 2 rings (SSSR count). The summed E-state index contributed by atoms with van der Waals surface area (Å²) < 4.78 is 6.84. The van der Waals surface area contributed by atoms with Crippen molar-refractivity contribution in [2.45, 2.75) is 73.3 Å². The molecule has 0 unspecified atom stereocenters. The van der Waals surface area contributed by atoms with Gasteiger partial charge >= 0.3 is 5.97 Å². The lowest BCUT2D eigenvalue weighted by Crippen LogP contribution is -2.43. The molecule has 0 aromatic carbocycles. The molecule has 1 heterocycles. The van der Waals surface area contributed by atoms with Crippen LogP contribution in [0.4, 0.5) is 0 Å². The fourth-order valence-electron chi connectivity index (χ4n) is 4.33. The van der Waals surface area contributed by atoms with E-state index in [1.54, 1.807) is 13.1 Å². The molecule has 1 aromatic rings. The fraction of sp³-hybridized carbons (Fsp3) is 0.833. The van der Waals surface area contributed by atoms with Crippen LogP contribution in [0.25, 0.3) is 0 Å². The topological polar surface area (TPSA) is 57.0 Å². The molecule has 1 aliphatic carbocycles. The molecule has 5 heteroatoms. The van der Waals surface area contributed by atoms with Gasteiger partial charge in [-0.3, -0.25) is 0 Å². The summed E-state index contributed by atoms with van der Waals surface area (Å²) in [6.07, 6.45) is 6.28. The summed E-state index contributed by atoms with van der Waals surface area (Å²) in [6.45, 7) is 13.9. The normalized spacial score (nSPS) is 25.6. The maximum Gasteiger partial charge on any atom is 0.360 e. The Morgan fingerprint density at radius 1 is 1.39 bits per heavy atom. The summed E-state index contributed by atoms with van der Waals surface area (Å²) in [4.78, 5) is 11.7. The number of carbonyl (C=O) groups is 1. The van der Waals surface area contributed by atoms with Gasteiger partial charge in [0.2, 0.25) is 0 Å². The molecule has 130 valence electrons. The van der Waals surface area contributed by atoms with E-state index in [0.717, 1.165) is 12.8 Å². The molecule has 0 bridgehead atoms. The van der Waals surface area contributed by atoms with Crippen LogP contribution in [0.3, 0.4) is 0 Å². The van der Waals surface area contributed by atoms with Crippen LogP contribution in [-0.2, 0) is 4.74 Å². The zero-order valence-corrected chi connectivity index (χ0v) is 15.4. The highest BCUT2D eigenvalue weighted by atomic mass is 16.5. The number of hydrogen-bond donors (Lipinski definition) is 0. The molecule has 5 nitrogen and oxygen atoms in total. The van der Waals surface area contributed by atoms with Gasteiger partial charge in [-0.1, -0.05) is 39.8 Å². The number of esters is 1. The number of hydrogen-bond acceptors (Lipinski definition) is 4. The van der Waals surface area contributed by atoms with E-state index in [4.69, 9.17) is 4.74 Å².